The number of aliphatic hydroxyl groups excluding tert-OH is 3. The van der Waals surface area contributed by atoms with Gasteiger partial charge in [0.2, 0.25) is 5.91 Å². The Morgan fingerprint density at radius 2 is 1.65 bits per heavy atom. The molecule has 368 valence electrons. The van der Waals surface area contributed by atoms with Gasteiger partial charge in [0.05, 0.1) is 54.1 Å². The zero-order valence-corrected chi connectivity index (χ0v) is 41.4. The van der Waals surface area contributed by atoms with Crippen molar-refractivity contribution in [2.45, 2.75) is 179 Å². The zero-order chi connectivity index (χ0) is 48.5. The molecule has 0 bridgehead atoms. The summed E-state index contributed by atoms with van der Waals surface area (Å²) in [6, 6.07) is 5.10. The first-order chi connectivity index (χ1) is 30.2. The van der Waals surface area contributed by atoms with Crippen LogP contribution in [-0.2, 0) is 49.2 Å². The number of amides is 1. The van der Waals surface area contributed by atoms with E-state index in [1.807, 2.05) is 37.4 Å². The number of ether oxygens (including phenoxy) is 6. The van der Waals surface area contributed by atoms with Gasteiger partial charge in [-0.2, -0.15) is 0 Å². The number of rotatable bonds is 11. The highest BCUT2D eigenvalue weighted by molar-refractivity contribution is 7.17. The minimum Gasteiger partial charge on any atom is -0.459 e. The van der Waals surface area contributed by atoms with Gasteiger partial charge in [-0.05, 0) is 103 Å². The molecule has 8 unspecified atom stereocenters. The minimum absolute atomic E-state index is 0.0346. The molecule has 16 nitrogen and oxygen atoms in total. The van der Waals surface area contributed by atoms with Crippen molar-refractivity contribution in [1.29, 1.82) is 0 Å². The first-order valence-electron chi connectivity index (χ1n) is 22.7. The number of Topliss-reactive ketones (excluding diaryl/α,β-unsaturated/α-hetero) is 1. The zero-order valence-electron chi connectivity index (χ0n) is 39.9. The normalized spacial score (nSPS) is 41.6. The standard InChI is InChI=1S/C47H73ClN2O14S/c1-23-20-45(7,57)42(64-44-38(53)32(50(10)11)17-24(2)60-44)26(4)39(63-36-21-46(8,59-12)41(55)28(6)61-36)27(5)43(56)62-34(47(9,58)40(54)25(3)37(23)52)15-16-49-35(51)18-29-22-65-33-14-13-30(48)19-31(29)33/h13-14,19,22-28,32,34,36,38-42,44,53-55,57-58H,15-18,20-21H2,1-12H3,(H,49,51)/t23-,24?,25+,26+,27-,28?,32?,34-,36?,38?,39+,40-,41?,42-,44?,45-,46?,47-/m1/s1. The second-order valence-corrected chi connectivity index (χ2v) is 21.1. The van der Waals surface area contributed by atoms with Crippen molar-refractivity contribution in [2.24, 2.45) is 23.7 Å². The number of hydrogen-bond donors (Lipinski definition) is 6. The van der Waals surface area contributed by atoms with Crippen LogP contribution in [-0.4, -0.2) is 160 Å². The van der Waals surface area contributed by atoms with Gasteiger partial charge in [-0.3, -0.25) is 14.4 Å². The molecule has 0 saturated carbocycles. The van der Waals surface area contributed by atoms with Crippen LogP contribution in [0.5, 0.6) is 0 Å². The van der Waals surface area contributed by atoms with Gasteiger partial charge >= 0.3 is 5.97 Å². The summed E-state index contributed by atoms with van der Waals surface area (Å²) < 4.78 is 38.6. The van der Waals surface area contributed by atoms with E-state index in [0.717, 1.165) is 15.6 Å². The van der Waals surface area contributed by atoms with Crippen LogP contribution in [0.15, 0.2) is 23.6 Å². The number of nitrogens with zero attached hydrogens (tertiary/aromatic N) is 1. The summed E-state index contributed by atoms with van der Waals surface area (Å²) in [4.78, 5) is 44.1. The number of benzene rings is 1. The molecule has 18 heteroatoms. The SMILES string of the molecule is COC1(C)CC(O[C@H]2[C@H](C)[C@@H](OC3OC(C)CC(N(C)C)C3O)[C@](C)(O)C[C@@H](C)C(=O)[C@H](C)[C@@H](O)[C@](C)(O)[C@@H](CCNC(=O)Cc3csc4ccc(Cl)cc34)OC(=O)[C@@H]2C)OC(C)C1O. The van der Waals surface area contributed by atoms with Crippen molar-refractivity contribution in [3.05, 3.63) is 34.2 Å². The van der Waals surface area contributed by atoms with Gasteiger partial charge in [-0.25, -0.2) is 0 Å². The Kier molecular flexibility index (Phi) is 17.7. The second kappa shape index (κ2) is 21.5. The number of thiophene rings is 1. The summed E-state index contributed by atoms with van der Waals surface area (Å²) in [6.45, 7) is 14.3. The lowest BCUT2D eigenvalue weighted by Gasteiger charge is -2.49. The maximum atomic E-state index is 14.7. The number of aliphatic hydroxyl groups is 5. The molecule has 65 heavy (non-hydrogen) atoms. The number of hydrogen-bond acceptors (Lipinski definition) is 16. The molecule has 4 heterocycles. The first-order valence-corrected chi connectivity index (χ1v) is 24.0. The van der Waals surface area contributed by atoms with E-state index >= 15 is 0 Å². The maximum absolute atomic E-state index is 14.7. The third-order valence-corrected chi connectivity index (χ3v) is 15.4. The van der Waals surface area contributed by atoms with Crippen LogP contribution in [0.25, 0.3) is 10.1 Å². The number of carbonyl (C=O) groups excluding carboxylic acids is 3. The van der Waals surface area contributed by atoms with Crippen LogP contribution in [0.3, 0.4) is 0 Å². The quantitative estimate of drug-likeness (QED) is 0.175. The van der Waals surface area contributed by atoms with Crippen LogP contribution >= 0.6 is 22.9 Å². The maximum Gasteiger partial charge on any atom is 0.311 e. The summed E-state index contributed by atoms with van der Waals surface area (Å²) >= 11 is 7.73. The van der Waals surface area contributed by atoms with E-state index in [-0.39, 0.29) is 50.3 Å². The average molecular weight is 958 g/mol. The van der Waals surface area contributed by atoms with E-state index in [9.17, 15) is 39.9 Å². The van der Waals surface area contributed by atoms with E-state index in [1.165, 1.54) is 39.2 Å². The molecule has 1 aromatic heterocycles. The van der Waals surface area contributed by atoms with E-state index in [0.29, 0.717) is 11.4 Å². The van der Waals surface area contributed by atoms with E-state index in [2.05, 4.69) is 5.32 Å². The van der Waals surface area contributed by atoms with Crippen LogP contribution in [0.2, 0.25) is 5.02 Å². The van der Waals surface area contributed by atoms with Crippen molar-refractivity contribution in [1.82, 2.24) is 10.2 Å². The molecular formula is C47H73ClN2O14S. The predicted molar refractivity (Wildman–Crippen MR) is 244 cm³/mol. The monoisotopic (exact) mass is 956 g/mol. The molecule has 3 fully saturated rings. The Hall–Kier alpha value is -2.36. The number of carbonyl (C=O) groups is 3. The number of halogens is 1. The van der Waals surface area contributed by atoms with Gasteiger partial charge in [-0.1, -0.05) is 32.4 Å². The Labute approximate surface area is 392 Å². The largest absolute Gasteiger partial charge is 0.459 e. The lowest BCUT2D eigenvalue weighted by Crippen LogP contribution is -2.61. The van der Waals surface area contributed by atoms with Gasteiger partial charge < -0.3 is 64.2 Å². The Bertz CT molecular complexity index is 1950. The Morgan fingerprint density at radius 3 is 2.29 bits per heavy atom. The molecule has 1 aromatic carbocycles. The number of ketones is 1. The van der Waals surface area contributed by atoms with Crippen molar-refractivity contribution in [3.8, 4) is 0 Å². The fourth-order valence-corrected chi connectivity index (χ4v) is 11.1. The molecule has 1 amide bonds. The number of methoxy groups -OCH3 is 1. The molecular weight excluding hydrogens is 884 g/mol. The van der Waals surface area contributed by atoms with Crippen molar-refractivity contribution in [2.75, 3.05) is 27.7 Å². The number of fused-ring (bicyclic) bond motifs is 1. The highest BCUT2D eigenvalue weighted by atomic mass is 35.5. The highest BCUT2D eigenvalue weighted by Crippen LogP contribution is 2.41. The third kappa shape index (κ3) is 12.1. The topological polar surface area (TPSA) is 223 Å². The highest BCUT2D eigenvalue weighted by Gasteiger charge is 2.53. The van der Waals surface area contributed by atoms with E-state index in [4.69, 9.17) is 40.0 Å². The Balaban J connectivity index is 1.52. The molecule has 3 saturated heterocycles. The smallest absolute Gasteiger partial charge is 0.311 e. The molecule has 2 aromatic rings. The molecule has 0 radical (unpaired) electrons. The third-order valence-electron chi connectivity index (χ3n) is 14.1. The van der Waals surface area contributed by atoms with Crippen molar-refractivity contribution >= 4 is 50.7 Å². The lowest BCUT2D eigenvalue weighted by atomic mass is 9.74. The number of nitrogens with one attached hydrogen (secondary N) is 1. The second-order valence-electron chi connectivity index (χ2n) is 19.8. The fourth-order valence-electron chi connectivity index (χ4n) is 10.0. The molecule has 3 aliphatic rings. The molecule has 0 aliphatic carbocycles. The summed E-state index contributed by atoms with van der Waals surface area (Å²) in [5.74, 6) is -5.95. The predicted octanol–water partition coefficient (Wildman–Crippen LogP) is 3.99. The summed E-state index contributed by atoms with van der Waals surface area (Å²) in [7, 11) is 5.13. The molecule has 5 rings (SSSR count). The van der Waals surface area contributed by atoms with Crippen LogP contribution < -0.4 is 5.32 Å². The van der Waals surface area contributed by atoms with Crippen molar-refractivity contribution < 1.29 is 68.3 Å². The van der Waals surface area contributed by atoms with Crippen LogP contribution in [0.1, 0.15) is 93.6 Å². The van der Waals surface area contributed by atoms with Gasteiger partial charge in [0.25, 0.3) is 0 Å². The average Bonchev–Trinajstić information content (AvgIpc) is 3.63. The summed E-state index contributed by atoms with van der Waals surface area (Å²) in [6.07, 6.45) is -11.1. The number of cyclic esters (lactones) is 1. The number of likely N-dealkylation sites (N-methyl/N-ethyl adjacent to an activating group) is 1. The Morgan fingerprint density at radius 1 is 0.969 bits per heavy atom. The van der Waals surface area contributed by atoms with Crippen LogP contribution in [0, 0.1) is 23.7 Å². The molecule has 6 N–H and O–H groups in total. The molecule has 0 spiro atoms. The fraction of sp³-hybridized carbons (Fsp3) is 0.766. The van der Waals surface area contributed by atoms with Gasteiger partial charge in [0.15, 0.2) is 12.6 Å². The van der Waals surface area contributed by atoms with Crippen LogP contribution in [0.4, 0.5) is 0 Å². The van der Waals surface area contributed by atoms with Crippen molar-refractivity contribution in [3.63, 3.8) is 0 Å². The lowest BCUT2D eigenvalue weighted by molar-refractivity contribution is -0.318. The first kappa shape index (κ1) is 53.6. The van der Waals surface area contributed by atoms with Gasteiger partial charge in [0.1, 0.15) is 29.7 Å². The molecule has 18 atom stereocenters. The van der Waals surface area contributed by atoms with E-state index < -0.39 is 108 Å². The summed E-state index contributed by atoms with van der Waals surface area (Å²) in [5, 5.41) is 65.3. The van der Waals surface area contributed by atoms with E-state index in [1.54, 1.807) is 46.8 Å². The molecule has 3 aliphatic heterocycles. The summed E-state index contributed by atoms with van der Waals surface area (Å²) in [5.41, 5.74) is -4.42. The number of esters is 1. The van der Waals surface area contributed by atoms with Gasteiger partial charge in [-0.15, -0.1) is 11.3 Å². The minimum atomic E-state index is -2.22. The van der Waals surface area contributed by atoms with Gasteiger partial charge in [0, 0.05) is 60.0 Å².